The third-order valence-corrected chi connectivity index (χ3v) is 6.12. The highest BCUT2D eigenvalue weighted by Crippen LogP contribution is 2.28. The van der Waals surface area contributed by atoms with Crippen LogP contribution in [0.2, 0.25) is 5.02 Å². The molecule has 1 heterocycles. The Labute approximate surface area is 119 Å². The van der Waals surface area contributed by atoms with Crippen molar-refractivity contribution in [1.29, 1.82) is 0 Å². The van der Waals surface area contributed by atoms with E-state index in [0.29, 0.717) is 36.5 Å². The van der Waals surface area contributed by atoms with Crippen molar-refractivity contribution in [2.75, 3.05) is 19.7 Å². The van der Waals surface area contributed by atoms with E-state index in [1.807, 2.05) is 0 Å². The van der Waals surface area contributed by atoms with Gasteiger partial charge >= 0.3 is 0 Å². The summed E-state index contributed by atoms with van der Waals surface area (Å²) in [4.78, 5) is 0.280. The fraction of sp³-hybridized carbons (Fsp3) is 0.538. The molecule has 106 valence electrons. The molecule has 1 aromatic rings. The van der Waals surface area contributed by atoms with Crippen LogP contribution in [0.25, 0.3) is 0 Å². The molecule has 1 saturated heterocycles. The Kier molecular flexibility index (Phi) is 4.50. The average molecular weight is 304 g/mol. The number of aliphatic hydroxyl groups excluding tert-OH is 1. The molecule has 19 heavy (non-hydrogen) atoms. The Hall–Kier alpha value is -0.620. The summed E-state index contributed by atoms with van der Waals surface area (Å²) in [5.41, 5.74) is 0.591. The van der Waals surface area contributed by atoms with Gasteiger partial charge in [-0.2, -0.15) is 4.31 Å². The lowest BCUT2D eigenvalue weighted by Gasteiger charge is -2.30. The molecule has 0 bridgehead atoms. The molecule has 1 aliphatic heterocycles. The molecule has 0 radical (unpaired) electrons. The van der Waals surface area contributed by atoms with Gasteiger partial charge in [-0.15, -0.1) is 0 Å². The zero-order chi connectivity index (χ0) is 14.0. The molecular weight excluding hydrogens is 286 g/mol. The van der Waals surface area contributed by atoms with E-state index in [2.05, 4.69) is 0 Å². The van der Waals surface area contributed by atoms with Crippen LogP contribution in [-0.4, -0.2) is 37.5 Å². The summed E-state index contributed by atoms with van der Waals surface area (Å²) in [6.07, 6.45) is 1.41. The van der Waals surface area contributed by atoms with Crippen molar-refractivity contribution in [2.45, 2.75) is 24.7 Å². The summed E-state index contributed by atoms with van der Waals surface area (Å²) in [5.74, 6) is 0.215. The molecule has 0 atom stereocenters. The predicted octanol–water partition coefficient (Wildman–Crippen LogP) is 2.04. The number of rotatable bonds is 3. The maximum absolute atomic E-state index is 12.6. The number of sulfonamides is 1. The van der Waals surface area contributed by atoms with Gasteiger partial charge in [0.1, 0.15) is 0 Å². The topological polar surface area (TPSA) is 57.6 Å². The van der Waals surface area contributed by atoms with E-state index in [4.69, 9.17) is 16.7 Å². The van der Waals surface area contributed by atoms with Gasteiger partial charge in [0.15, 0.2) is 0 Å². The van der Waals surface area contributed by atoms with Gasteiger partial charge in [-0.1, -0.05) is 17.7 Å². The van der Waals surface area contributed by atoms with E-state index in [9.17, 15) is 8.42 Å². The first kappa shape index (κ1) is 14.8. The zero-order valence-electron chi connectivity index (χ0n) is 10.8. The van der Waals surface area contributed by atoms with Gasteiger partial charge in [-0.05, 0) is 43.4 Å². The van der Waals surface area contributed by atoms with Crippen LogP contribution in [0.4, 0.5) is 0 Å². The summed E-state index contributed by atoms with van der Waals surface area (Å²) in [7, 11) is -3.48. The molecule has 0 spiro atoms. The van der Waals surface area contributed by atoms with Crippen molar-refractivity contribution in [3.05, 3.63) is 28.8 Å². The minimum absolute atomic E-state index is 0.129. The molecule has 0 aliphatic carbocycles. The SMILES string of the molecule is Cc1c(Cl)cccc1S(=O)(=O)N1CCC(CO)CC1. The first-order valence-corrected chi connectivity index (χ1v) is 8.14. The van der Waals surface area contributed by atoms with Crippen LogP contribution < -0.4 is 0 Å². The monoisotopic (exact) mass is 303 g/mol. The molecule has 0 aromatic heterocycles. The van der Waals surface area contributed by atoms with Gasteiger partial charge in [0.2, 0.25) is 10.0 Å². The third-order valence-electron chi connectivity index (χ3n) is 3.67. The fourth-order valence-electron chi connectivity index (χ4n) is 2.34. The zero-order valence-corrected chi connectivity index (χ0v) is 12.4. The van der Waals surface area contributed by atoms with Crippen molar-refractivity contribution < 1.29 is 13.5 Å². The number of aliphatic hydroxyl groups is 1. The molecule has 6 heteroatoms. The van der Waals surface area contributed by atoms with Crippen LogP contribution in [0.1, 0.15) is 18.4 Å². The molecule has 1 fully saturated rings. The molecule has 1 aromatic carbocycles. The number of piperidine rings is 1. The van der Waals surface area contributed by atoms with Crippen LogP contribution in [0.5, 0.6) is 0 Å². The van der Waals surface area contributed by atoms with Crippen LogP contribution in [-0.2, 0) is 10.0 Å². The summed E-state index contributed by atoms with van der Waals surface area (Å²) in [6.45, 7) is 2.76. The number of benzene rings is 1. The lowest BCUT2D eigenvalue weighted by atomic mass is 10.00. The minimum atomic E-state index is -3.48. The van der Waals surface area contributed by atoms with Gasteiger partial charge in [-0.3, -0.25) is 0 Å². The Bertz CT molecular complexity index is 551. The first-order chi connectivity index (χ1) is 8.96. The standard InChI is InChI=1S/C13H18ClNO3S/c1-10-12(14)3-2-4-13(10)19(17,18)15-7-5-11(9-16)6-8-15/h2-4,11,16H,5-9H2,1H3. The Morgan fingerprint density at radius 2 is 2.00 bits per heavy atom. The Balaban J connectivity index is 2.26. The quantitative estimate of drug-likeness (QED) is 0.929. The maximum atomic E-state index is 12.6. The summed E-state index contributed by atoms with van der Waals surface area (Å²) < 4.78 is 26.6. The molecular formula is C13H18ClNO3S. The van der Waals surface area contributed by atoms with Crippen LogP contribution >= 0.6 is 11.6 Å². The lowest BCUT2D eigenvalue weighted by Crippen LogP contribution is -2.39. The number of hydrogen-bond donors (Lipinski definition) is 1. The van der Waals surface area contributed by atoms with Gasteiger partial charge in [0.05, 0.1) is 4.90 Å². The lowest BCUT2D eigenvalue weighted by molar-refractivity contribution is 0.170. The van der Waals surface area contributed by atoms with E-state index in [-0.39, 0.29) is 17.4 Å². The normalized spacial score (nSPS) is 18.7. The van der Waals surface area contributed by atoms with Crippen LogP contribution in [0, 0.1) is 12.8 Å². The molecule has 0 unspecified atom stereocenters. The third kappa shape index (κ3) is 2.94. The number of nitrogens with zero attached hydrogens (tertiary/aromatic N) is 1. The van der Waals surface area contributed by atoms with Crippen molar-refractivity contribution in [2.24, 2.45) is 5.92 Å². The van der Waals surface area contributed by atoms with E-state index >= 15 is 0 Å². The summed E-state index contributed by atoms with van der Waals surface area (Å²) in [5, 5.41) is 9.56. The molecule has 2 rings (SSSR count). The van der Waals surface area contributed by atoms with Gasteiger partial charge in [-0.25, -0.2) is 8.42 Å². The Morgan fingerprint density at radius 1 is 1.37 bits per heavy atom. The molecule has 1 N–H and O–H groups in total. The van der Waals surface area contributed by atoms with E-state index in [0.717, 1.165) is 0 Å². The molecule has 0 amide bonds. The molecule has 0 saturated carbocycles. The van der Waals surface area contributed by atoms with Crippen molar-refractivity contribution in [3.8, 4) is 0 Å². The van der Waals surface area contributed by atoms with E-state index in [1.165, 1.54) is 4.31 Å². The number of halogens is 1. The highest BCUT2D eigenvalue weighted by Gasteiger charge is 2.30. The second-order valence-electron chi connectivity index (χ2n) is 4.89. The second-order valence-corrected chi connectivity index (χ2v) is 7.21. The van der Waals surface area contributed by atoms with E-state index < -0.39 is 10.0 Å². The highest BCUT2D eigenvalue weighted by atomic mass is 35.5. The van der Waals surface area contributed by atoms with Gasteiger partial charge in [0, 0.05) is 24.7 Å². The largest absolute Gasteiger partial charge is 0.396 e. The molecule has 4 nitrogen and oxygen atoms in total. The fourth-order valence-corrected chi connectivity index (χ4v) is 4.29. The summed E-state index contributed by atoms with van der Waals surface area (Å²) in [6, 6.07) is 4.94. The van der Waals surface area contributed by atoms with Gasteiger partial charge in [0.25, 0.3) is 0 Å². The van der Waals surface area contributed by atoms with E-state index in [1.54, 1.807) is 25.1 Å². The van der Waals surface area contributed by atoms with Crippen molar-refractivity contribution >= 4 is 21.6 Å². The van der Waals surface area contributed by atoms with Crippen molar-refractivity contribution in [3.63, 3.8) is 0 Å². The number of hydrogen-bond acceptors (Lipinski definition) is 3. The Morgan fingerprint density at radius 3 is 2.58 bits per heavy atom. The maximum Gasteiger partial charge on any atom is 0.243 e. The second kappa shape index (κ2) is 5.79. The smallest absolute Gasteiger partial charge is 0.243 e. The minimum Gasteiger partial charge on any atom is -0.396 e. The molecule has 1 aliphatic rings. The average Bonchev–Trinajstić information content (AvgIpc) is 2.41. The van der Waals surface area contributed by atoms with Crippen LogP contribution in [0.15, 0.2) is 23.1 Å². The van der Waals surface area contributed by atoms with Gasteiger partial charge < -0.3 is 5.11 Å². The predicted molar refractivity (Wildman–Crippen MR) is 74.8 cm³/mol. The highest BCUT2D eigenvalue weighted by molar-refractivity contribution is 7.89. The van der Waals surface area contributed by atoms with Crippen molar-refractivity contribution in [1.82, 2.24) is 4.31 Å². The first-order valence-electron chi connectivity index (χ1n) is 6.33. The summed E-state index contributed by atoms with van der Waals surface area (Å²) >= 11 is 5.99. The van der Waals surface area contributed by atoms with Crippen LogP contribution in [0.3, 0.4) is 0 Å².